The second kappa shape index (κ2) is 9.64. The molecule has 0 saturated carbocycles. The van der Waals surface area contributed by atoms with Crippen molar-refractivity contribution in [2.24, 2.45) is 5.92 Å². The summed E-state index contributed by atoms with van der Waals surface area (Å²) in [6.07, 6.45) is 3.64. The molecule has 6 heteroatoms. The molecule has 28 heavy (non-hydrogen) atoms. The SMILES string of the molecule is CC(C)OCCCNC(=O)C1CCc2nc(-c3ccccc3)[nH]c(=O)c2CC1. The second-order valence-corrected chi connectivity index (χ2v) is 7.54. The van der Waals surface area contributed by atoms with E-state index in [0.717, 1.165) is 23.2 Å². The van der Waals surface area contributed by atoms with Gasteiger partial charge in [-0.15, -0.1) is 0 Å². The molecule has 0 fully saturated rings. The van der Waals surface area contributed by atoms with E-state index in [-0.39, 0.29) is 23.5 Å². The van der Waals surface area contributed by atoms with Crippen molar-refractivity contribution < 1.29 is 9.53 Å². The lowest BCUT2D eigenvalue weighted by Crippen LogP contribution is -2.32. The summed E-state index contributed by atoms with van der Waals surface area (Å²) < 4.78 is 5.49. The molecule has 6 nitrogen and oxygen atoms in total. The minimum Gasteiger partial charge on any atom is -0.379 e. The molecule has 1 aromatic carbocycles. The average Bonchev–Trinajstić information content (AvgIpc) is 2.91. The predicted molar refractivity (Wildman–Crippen MR) is 109 cm³/mol. The van der Waals surface area contributed by atoms with Gasteiger partial charge in [0.05, 0.1) is 11.8 Å². The van der Waals surface area contributed by atoms with E-state index in [2.05, 4.69) is 10.3 Å². The molecule has 0 aliphatic heterocycles. The normalized spacial score (nSPS) is 16.5. The monoisotopic (exact) mass is 383 g/mol. The van der Waals surface area contributed by atoms with Crippen LogP contribution in [-0.2, 0) is 22.4 Å². The third-order valence-electron chi connectivity index (χ3n) is 5.06. The Morgan fingerprint density at radius 3 is 2.75 bits per heavy atom. The zero-order chi connectivity index (χ0) is 19.9. The Kier molecular flexibility index (Phi) is 6.98. The van der Waals surface area contributed by atoms with Crippen molar-refractivity contribution in [2.45, 2.75) is 52.1 Å². The van der Waals surface area contributed by atoms with E-state index in [9.17, 15) is 9.59 Å². The van der Waals surface area contributed by atoms with Crippen LogP contribution >= 0.6 is 0 Å². The molecule has 3 rings (SSSR count). The molecule has 0 saturated heterocycles. The van der Waals surface area contributed by atoms with E-state index in [1.165, 1.54) is 0 Å². The molecule has 0 spiro atoms. The van der Waals surface area contributed by atoms with Gasteiger partial charge in [0.1, 0.15) is 5.82 Å². The Hall–Kier alpha value is -2.47. The van der Waals surface area contributed by atoms with E-state index in [4.69, 9.17) is 9.72 Å². The maximum Gasteiger partial charge on any atom is 0.254 e. The van der Waals surface area contributed by atoms with Crippen molar-refractivity contribution >= 4 is 5.91 Å². The quantitative estimate of drug-likeness (QED) is 0.569. The first-order valence-electron chi connectivity index (χ1n) is 10.1. The summed E-state index contributed by atoms with van der Waals surface area (Å²) in [6, 6.07) is 9.64. The predicted octanol–water partition coefficient (Wildman–Crippen LogP) is 2.86. The number of fused-ring (bicyclic) bond motifs is 1. The number of carbonyl (C=O) groups is 1. The van der Waals surface area contributed by atoms with Crippen LogP contribution in [0.4, 0.5) is 0 Å². The second-order valence-electron chi connectivity index (χ2n) is 7.54. The van der Waals surface area contributed by atoms with Gasteiger partial charge < -0.3 is 15.0 Å². The number of ether oxygens (including phenoxy) is 1. The molecule has 1 heterocycles. The third kappa shape index (κ3) is 5.29. The largest absolute Gasteiger partial charge is 0.379 e. The van der Waals surface area contributed by atoms with Gasteiger partial charge in [-0.05, 0) is 46.0 Å². The van der Waals surface area contributed by atoms with E-state index in [1.807, 2.05) is 44.2 Å². The Balaban J connectivity index is 1.61. The first kappa shape index (κ1) is 20.3. The van der Waals surface area contributed by atoms with Crippen molar-refractivity contribution in [3.8, 4) is 11.4 Å². The van der Waals surface area contributed by atoms with E-state index < -0.39 is 0 Å². The maximum absolute atomic E-state index is 12.6. The van der Waals surface area contributed by atoms with Gasteiger partial charge in [0, 0.05) is 30.2 Å². The number of benzene rings is 1. The molecule has 0 bridgehead atoms. The van der Waals surface area contributed by atoms with Crippen molar-refractivity contribution in [3.63, 3.8) is 0 Å². The van der Waals surface area contributed by atoms with Crippen LogP contribution in [0.3, 0.4) is 0 Å². The molecule has 2 aromatic rings. The Morgan fingerprint density at radius 2 is 2.00 bits per heavy atom. The molecule has 1 atom stereocenters. The van der Waals surface area contributed by atoms with Gasteiger partial charge in [0.25, 0.3) is 5.56 Å². The number of nitrogens with zero attached hydrogens (tertiary/aromatic N) is 1. The van der Waals surface area contributed by atoms with Crippen LogP contribution in [0.25, 0.3) is 11.4 Å². The van der Waals surface area contributed by atoms with Gasteiger partial charge in [-0.3, -0.25) is 9.59 Å². The van der Waals surface area contributed by atoms with Crippen LogP contribution in [0.5, 0.6) is 0 Å². The van der Waals surface area contributed by atoms with Crippen molar-refractivity contribution in [1.82, 2.24) is 15.3 Å². The lowest BCUT2D eigenvalue weighted by molar-refractivity contribution is -0.125. The number of hydrogen-bond acceptors (Lipinski definition) is 4. The van der Waals surface area contributed by atoms with Crippen LogP contribution in [0, 0.1) is 5.92 Å². The van der Waals surface area contributed by atoms with Crippen molar-refractivity contribution in [2.75, 3.05) is 13.2 Å². The molecule has 2 N–H and O–H groups in total. The number of H-pyrrole nitrogens is 1. The smallest absolute Gasteiger partial charge is 0.254 e. The summed E-state index contributed by atoms with van der Waals surface area (Å²) in [7, 11) is 0. The Morgan fingerprint density at radius 1 is 1.25 bits per heavy atom. The van der Waals surface area contributed by atoms with Crippen LogP contribution < -0.4 is 10.9 Å². The summed E-state index contributed by atoms with van der Waals surface area (Å²) in [5, 5.41) is 3.01. The summed E-state index contributed by atoms with van der Waals surface area (Å²) in [4.78, 5) is 32.7. The molecule has 150 valence electrons. The number of aryl methyl sites for hydroxylation is 1. The van der Waals surface area contributed by atoms with Gasteiger partial charge in [-0.1, -0.05) is 30.3 Å². The molecule has 1 aliphatic carbocycles. The standard InChI is InChI=1S/C22H29N3O3/c1-15(2)28-14-6-13-23-21(26)17-9-11-18-19(12-10-17)24-20(25-22(18)27)16-7-4-3-5-8-16/h3-5,7-8,15,17H,6,9-14H2,1-2H3,(H,23,26)(H,24,25,27). The topological polar surface area (TPSA) is 84.1 Å². The number of carbonyl (C=O) groups excluding carboxylic acids is 1. The highest BCUT2D eigenvalue weighted by molar-refractivity contribution is 5.78. The number of aromatic nitrogens is 2. The summed E-state index contributed by atoms with van der Waals surface area (Å²) in [5.41, 5.74) is 2.35. The van der Waals surface area contributed by atoms with Gasteiger partial charge in [0.2, 0.25) is 5.91 Å². The Bertz CT molecular complexity index is 846. The summed E-state index contributed by atoms with van der Waals surface area (Å²) in [5.74, 6) is 0.578. The molecule has 1 aromatic heterocycles. The highest BCUT2D eigenvalue weighted by Gasteiger charge is 2.25. The fourth-order valence-corrected chi connectivity index (χ4v) is 3.52. The number of rotatable bonds is 7. The van der Waals surface area contributed by atoms with Gasteiger partial charge in [-0.25, -0.2) is 4.98 Å². The number of aromatic amines is 1. The summed E-state index contributed by atoms with van der Waals surface area (Å²) in [6.45, 7) is 5.27. The van der Waals surface area contributed by atoms with Gasteiger partial charge in [0.15, 0.2) is 0 Å². The fourth-order valence-electron chi connectivity index (χ4n) is 3.52. The summed E-state index contributed by atoms with van der Waals surface area (Å²) >= 11 is 0. The first-order chi connectivity index (χ1) is 13.5. The molecule has 1 aliphatic rings. The lowest BCUT2D eigenvalue weighted by atomic mass is 9.99. The van der Waals surface area contributed by atoms with Crippen LogP contribution in [0.2, 0.25) is 0 Å². The van der Waals surface area contributed by atoms with Crippen LogP contribution in [-0.4, -0.2) is 35.1 Å². The van der Waals surface area contributed by atoms with Gasteiger partial charge in [-0.2, -0.15) is 0 Å². The number of hydrogen-bond donors (Lipinski definition) is 2. The van der Waals surface area contributed by atoms with Crippen molar-refractivity contribution in [3.05, 3.63) is 51.9 Å². The molecule has 1 unspecified atom stereocenters. The zero-order valence-electron chi connectivity index (χ0n) is 16.7. The van der Waals surface area contributed by atoms with Crippen molar-refractivity contribution in [1.29, 1.82) is 0 Å². The number of amides is 1. The number of nitrogens with one attached hydrogen (secondary N) is 2. The fraction of sp³-hybridized carbons (Fsp3) is 0.500. The van der Waals surface area contributed by atoms with E-state index >= 15 is 0 Å². The first-order valence-corrected chi connectivity index (χ1v) is 10.1. The van der Waals surface area contributed by atoms with E-state index in [1.54, 1.807) is 0 Å². The minimum absolute atomic E-state index is 0.0667. The van der Waals surface area contributed by atoms with Crippen LogP contribution in [0.1, 0.15) is 44.4 Å². The highest BCUT2D eigenvalue weighted by atomic mass is 16.5. The minimum atomic E-state index is -0.0873. The average molecular weight is 383 g/mol. The molecule has 1 amide bonds. The highest BCUT2D eigenvalue weighted by Crippen LogP contribution is 2.23. The molecule has 0 radical (unpaired) electrons. The molecular formula is C22H29N3O3. The maximum atomic E-state index is 12.6. The van der Waals surface area contributed by atoms with E-state index in [0.29, 0.717) is 44.7 Å². The Labute approximate surface area is 165 Å². The molecular weight excluding hydrogens is 354 g/mol. The zero-order valence-corrected chi connectivity index (χ0v) is 16.7. The van der Waals surface area contributed by atoms with Crippen LogP contribution in [0.15, 0.2) is 35.1 Å². The van der Waals surface area contributed by atoms with Gasteiger partial charge >= 0.3 is 0 Å². The third-order valence-corrected chi connectivity index (χ3v) is 5.06. The lowest BCUT2D eigenvalue weighted by Gasteiger charge is -2.14.